The van der Waals surface area contributed by atoms with Gasteiger partial charge in [0.2, 0.25) is 0 Å². The fraction of sp³-hybridized carbons (Fsp3) is 0.562. The predicted octanol–water partition coefficient (Wildman–Crippen LogP) is 2.36. The van der Waals surface area contributed by atoms with Gasteiger partial charge in [-0.05, 0) is 43.6 Å². The highest BCUT2D eigenvalue weighted by Gasteiger charge is 2.22. The Morgan fingerprint density at radius 1 is 1.25 bits per heavy atom. The first kappa shape index (κ1) is 16.7. The maximum Gasteiger partial charge on any atom is 0.325 e. The molecule has 1 aromatic carbocycles. The molecule has 0 bridgehead atoms. The highest BCUT2D eigenvalue weighted by Crippen LogP contribution is 2.22. The molecule has 1 atom stereocenters. The quantitative estimate of drug-likeness (QED) is 0.766. The molecule has 20 heavy (non-hydrogen) atoms. The van der Waals surface area contributed by atoms with Crippen molar-refractivity contribution in [2.24, 2.45) is 0 Å². The van der Waals surface area contributed by atoms with Crippen LogP contribution in [0, 0.1) is 13.8 Å². The van der Waals surface area contributed by atoms with Gasteiger partial charge in [-0.15, -0.1) is 0 Å². The van der Waals surface area contributed by atoms with Crippen LogP contribution in [-0.4, -0.2) is 42.2 Å². The standard InChI is InChI=1S/C16H26N2O2/c1-5-18(6-2)11-10-17-15(16(19)20)14-12(3)8-7-9-13(14)4/h7-9,15,17H,5-6,10-11H2,1-4H3,(H,19,20). The zero-order chi connectivity index (χ0) is 15.1. The van der Waals surface area contributed by atoms with E-state index < -0.39 is 12.0 Å². The van der Waals surface area contributed by atoms with Gasteiger partial charge in [0.1, 0.15) is 6.04 Å². The van der Waals surface area contributed by atoms with Crippen LogP contribution in [0.5, 0.6) is 0 Å². The molecule has 0 aliphatic rings. The van der Waals surface area contributed by atoms with E-state index in [1.54, 1.807) is 0 Å². The molecule has 2 N–H and O–H groups in total. The van der Waals surface area contributed by atoms with Crippen LogP contribution in [0.1, 0.15) is 36.6 Å². The van der Waals surface area contributed by atoms with Gasteiger partial charge in [0.05, 0.1) is 0 Å². The lowest BCUT2D eigenvalue weighted by atomic mass is 9.96. The third kappa shape index (κ3) is 4.32. The van der Waals surface area contributed by atoms with Crippen LogP contribution in [0.2, 0.25) is 0 Å². The van der Waals surface area contributed by atoms with Crippen molar-refractivity contribution in [3.05, 3.63) is 34.9 Å². The summed E-state index contributed by atoms with van der Waals surface area (Å²) in [4.78, 5) is 13.8. The summed E-state index contributed by atoms with van der Waals surface area (Å²) in [6.07, 6.45) is 0. The van der Waals surface area contributed by atoms with E-state index in [0.717, 1.165) is 36.3 Å². The lowest BCUT2D eigenvalue weighted by Crippen LogP contribution is -2.37. The Labute approximate surface area is 121 Å². The van der Waals surface area contributed by atoms with Crippen molar-refractivity contribution in [1.82, 2.24) is 10.2 Å². The summed E-state index contributed by atoms with van der Waals surface area (Å²) in [6.45, 7) is 11.7. The van der Waals surface area contributed by atoms with Crippen LogP contribution in [0.3, 0.4) is 0 Å². The van der Waals surface area contributed by atoms with Gasteiger partial charge in [-0.25, -0.2) is 0 Å². The average Bonchev–Trinajstić information content (AvgIpc) is 2.41. The van der Waals surface area contributed by atoms with Crippen molar-refractivity contribution in [3.63, 3.8) is 0 Å². The number of hydrogen-bond acceptors (Lipinski definition) is 3. The smallest absolute Gasteiger partial charge is 0.325 e. The fourth-order valence-corrected chi connectivity index (χ4v) is 2.50. The molecular weight excluding hydrogens is 252 g/mol. The summed E-state index contributed by atoms with van der Waals surface area (Å²) in [7, 11) is 0. The number of likely N-dealkylation sites (N-methyl/N-ethyl adjacent to an activating group) is 1. The van der Waals surface area contributed by atoms with E-state index in [-0.39, 0.29) is 0 Å². The van der Waals surface area contributed by atoms with Crippen molar-refractivity contribution in [1.29, 1.82) is 0 Å². The normalized spacial score (nSPS) is 12.7. The number of aliphatic carboxylic acids is 1. The molecule has 0 saturated heterocycles. The number of rotatable bonds is 8. The number of aryl methyl sites for hydroxylation is 2. The fourth-order valence-electron chi connectivity index (χ4n) is 2.50. The number of benzene rings is 1. The highest BCUT2D eigenvalue weighted by molar-refractivity contribution is 5.76. The summed E-state index contributed by atoms with van der Waals surface area (Å²) in [6, 6.07) is 5.25. The first-order chi connectivity index (χ1) is 9.51. The van der Waals surface area contributed by atoms with Crippen LogP contribution in [0.25, 0.3) is 0 Å². The molecular formula is C16H26N2O2. The third-order valence-electron chi connectivity index (χ3n) is 3.75. The van der Waals surface area contributed by atoms with E-state index in [1.807, 2.05) is 32.0 Å². The zero-order valence-electron chi connectivity index (χ0n) is 12.9. The lowest BCUT2D eigenvalue weighted by molar-refractivity contribution is -0.139. The molecule has 1 rings (SSSR count). The second-order valence-electron chi connectivity index (χ2n) is 5.06. The minimum atomic E-state index is -0.818. The number of hydrogen-bond donors (Lipinski definition) is 2. The average molecular weight is 278 g/mol. The second-order valence-corrected chi connectivity index (χ2v) is 5.06. The molecule has 0 saturated carbocycles. The van der Waals surface area contributed by atoms with Crippen LogP contribution in [-0.2, 0) is 4.79 Å². The zero-order valence-corrected chi connectivity index (χ0v) is 12.9. The maximum absolute atomic E-state index is 11.5. The van der Waals surface area contributed by atoms with Gasteiger partial charge in [0, 0.05) is 13.1 Å². The second kappa shape index (κ2) is 8.02. The summed E-state index contributed by atoms with van der Waals surface area (Å²) < 4.78 is 0. The minimum Gasteiger partial charge on any atom is -0.480 e. The Balaban J connectivity index is 2.78. The van der Waals surface area contributed by atoms with Gasteiger partial charge in [0.15, 0.2) is 0 Å². The minimum absolute atomic E-state index is 0.633. The lowest BCUT2D eigenvalue weighted by Gasteiger charge is -2.22. The van der Waals surface area contributed by atoms with Crippen molar-refractivity contribution in [2.45, 2.75) is 33.7 Å². The van der Waals surface area contributed by atoms with Crippen LogP contribution in [0.15, 0.2) is 18.2 Å². The molecule has 0 fully saturated rings. The van der Waals surface area contributed by atoms with Crippen LogP contribution >= 0.6 is 0 Å². The van der Waals surface area contributed by atoms with Gasteiger partial charge < -0.3 is 10.0 Å². The van der Waals surface area contributed by atoms with Gasteiger partial charge in [-0.2, -0.15) is 0 Å². The summed E-state index contributed by atoms with van der Waals surface area (Å²) in [5.74, 6) is -0.818. The third-order valence-corrected chi connectivity index (χ3v) is 3.75. The molecule has 4 heteroatoms. The summed E-state index contributed by atoms with van der Waals surface area (Å²) in [5, 5.41) is 12.7. The van der Waals surface area contributed by atoms with E-state index in [9.17, 15) is 9.90 Å². The molecule has 1 aromatic rings. The van der Waals surface area contributed by atoms with Crippen molar-refractivity contribution < 1.29 is 9.90 Å². The van der Waals surface area contributed by atoms with E-state index in [1.165, 1.54) is 0 Å². The number of carboxylic acid groups (broad SMARTS) is 1. The molecule has 0 aliphatic carbocycles. The SMILES string of the molecule is CCN(CC)CCNC(C(=O)O)c1c(C)cccc1C. The molecule has 0 aromatic heterocycles. The molecule has 112 valence electrons. The number of nitrogens with zero attached hydrogens (tertiary/aromatic N) is 1. The van der Waals surface area contributed by atoms with Crippen LogP contribution < -0.4 is 5.32 Å². The first-order valence-corrected chi connectivity index (χ1v) is 7.25. The van der Waals surface area contributed by atoms with Crippen molar-refractivity contribution >= 4 is 5.97 Å². The van der Waals surface area contributed by atoms with Crippen LogP contribution in [0.4, 0.5) is 0 Å². The molecule has 0 radical (unpaired) electrons. The van der Waals surface area contributed by atoms with Gasteiger partial charge in [0.25, 0.3) is 0 Å². The van der Waals surface area contributed by atoms with Gasteiger partial charge in [-0.1, -0.05) is 32.0 Å². The van der Waals surface area contributed by atoms with E-state index in [2.05, 4.69) is 24.1 Å². The number of carboxylic acids is 1. The number of nitrogens with one attached hydrogen (secondary N) is 1. The maximum atomic E-state index is 11.5. The Morgan fingerprint density at radius 3 is 2.25 bits per heavy atom. The van der Waals surface area contributed by atoms with E-state index in [4.69, 9.17) is 0 Å². The van der Waals surface area contributed by atoms with Crippen molar-refractivity contribution in [3.8, 4) is 0 Å². The number of carbonyl (C=O) groups is 1. The Kier molecular flexibility index (Phi) is 6.68. The first-order valence-electron chi connectivity index (χ1n) is 7.25. The summed E-state index contributed by atoms with van der Waals surface area (Å²) in [5.41, 5.74) is 2.93. The Bertz CT molecular complexity index is 422. The van der Waals surface area contributed by atoms with Crippen molar-refractivity contribution in [2.75, 3.05) is 26.2 Å². The molecule has 0 aliphatic heterocycles. The molecule has 0 heterocycles. The topological polar surface area (TPSA) is 52.6 Å². The Hall–Kier alpha value is -1.39. The largest absolute Gasteiger partial charge is 0.480 e. The van der Waals surface area contributed by atoms with E-state index in [0.29, 0.717) is 6.54 Å². The summed E-state index contributed by atoms with van der Waals surface area (Å²) >= 11 is 0. The molecule has 4 nitrogen and oxygen atoms in total. The molecule has 1 unspecified atom stereocenters. The predicted molar refractivity (Wildman–Crippen MR) is 82.1 cm³/mol. The van der Waals surface area contributed by atoms with Gasteiger partial charge in [-0.3, -0.25) is 10.1 Å². The Morgan fingerprint density at radius 2 is 1.80 bits per heavy atom. The van der Waals surface area contributed by atoms with Gasteiger partial charge >= 0.3 is 5.97 Å². The highest BCUT2D eigenvalue weighted by atomic mass is 16.4. The molecule has 0 spiro atoms. The van der Waals surface area contributed by atoms with E-state index >= 15 is 0 Å². The molecule has 0 amide bonds. The monoisotopic (exact) mass is 278 g/mol.